The Labute approximate surface area is 49.5 Å². The monoisotopic (exact) mass is 139 g/mol. The maximum absolute atomic E-state index is 8.67. The van der Waals surface area contributed by atoms with E-state index in [-0.39, 0.29) is 6.10 Å². The van der Waals surface area contributed by atoms with Crippen LogP contribution in [0.3, 0.4) is 0 Å². The third-order valence-electron chi connectivity index (χ3n) is 0.857. The molecule has 8 heavy (non-hydrogen) atoms. The molecule has 1 saturated heterocycles. The van der Waals surface area contributed by atoms with E-state index in [0.29, 0.717) is 6.54 Å². The summed E-state index contributed by atoms with van der Waals surface area (Å²) in [5, 5.41) is 0. The number of hydrogen-bond donors (Lipinski definition) is 3. The number of rotatable bonds is 0. The van der Waals surface area contributed by atoms with E-state index in [2.05, 4.69) is 8.91 Å². The fourth-order valence-corrected chi connectivity index (χ4v) is 1.57. The predicted octanol–water partition coefficient (Wildman–Crippen LogP) is 0.575. The van der Waals surface area contributed by atoms with Crippen molar-refractivity contribution < 1.29 is 13.3 Å². The molecule has 0 aromatic heterocycles. The zero-order valence-corrected chi connectivity index (χ0v) is 5.31. The lowest BCUT2D eigenvalue weighted by Gasteiger charge is -2.17. The van der Waals surface area contributed by atoms with Crippen molar-refractivity contribution in [3.63, 3.8) is 0 Å². The second-order valence-electron chi connectivity index (χ2n) is 1.75. The molecule has 4 nitrogen and oxygen atoms in total. The van der Waals surface area contributed by atoms with Gasteiger partial charge in [0.05, 0.1) is 6.10 Å². The average molecular weight is 139 g/mol. The third-order valence-corrected chi connectivity index (χ3v) is 2.00. The van der Waals surface area contributed by atoms with E-state index in [0.717, 1.165) is 0 Å². The molecule has 0 aromatic carbocycles. The van der Waals surface area contributed by atoms with E-state index in [9.17, 15) is 0 Å². The molecule has 0 aromatic rings. The van der Waals surface area contributed by atoms with Crippen LogP contribution in [-0.2, 0) is 4.18 Å². The molecule has 0 bridgehead atoms. The third kappa shape index (κ3) is 1.33. The van der Waals surface area contributed by atoms with Gasteiger partial charge < -0.3 is 0 Å². The van der Waals surface area contributed by atoms with Crippen molar-refractivity contribution in [2.75, 3.05) is 6.54 Å². The molecule has 3 N–H and O–H groups in total. The van der Waals surface area contributed by atoms with Crippen LogP contribution < -0.4 is 4.72 Å². The fraction of sp³-hybridized carbons (Fsp3) is 1.00. The standard InChI is InChI=1S/C3H9NO3S/c1-3-2-4-8(5,6)7-3/h3-6H,2H2,1H3. The van der Waals surface area contributed by atoms with E-state index in [1.165, 1.54) is 0 Å². The van der Waals surface area contributed by atoms with Crippen LogP contribution in [0.4, 0.5) is 0 Å². The minimum atomic E-state index is -2.85. The van der Waals surface area contributed by atoms with Crippen LogP contribution in [0.25, 0.3) is 0 Å². The van der Waals surface area contributed by atoms with Gasteiger partial charge in [-0.2, -0.15) is 0 Å². The van der Waals surface area contributed by atoms with Crippen LogP contribution in [0.1, 0.15) is 6.92 Å². The lowest BCUT2D eigenvalue weighted by molar-refractivity contribution is 0.234. The summed E-state index contributed by atoms with van der Waals surface area (Å²) in [7, 11) is 0. The van der Waals surface area contributed by atoms with Crippen LogP contribution in [0.15, 0.2) is 0 Å². The molecule has 1 heterocycles. The lowest BCUT2D eigenvalue weighted by atomic mass is 10.4. The van der Waals surface area contributed by atoms with Crippen LogP contribution in [0.2, 0.25) is 0 Å². The summed E-state index contributed by atoms with van der Waals surface area (Å²) in [5.41, 5.74) is 0. The fourth-order valence-electron chi connectivity index (χ4n) is 0.523. The van der Waals surface area contributed by atoms with Gasteiger partial charge in [-0.05, 0) is 6.92 Å². The second-order valence-corrected chi connectivity index (χ2v) is 3.23. The first-order chi connectivity index (χ1) is 3.60. The molecule has 1 fully saturated rings. The first-order valence-electron chi connectivity index (χ1n) is 2.31. The van der Waals surface area contributed by atoms with Crippen molar-refractivity contribution >= 4 is 11.1 Å². The van der Waals surface area contributed by atoms with Gasteiger partial charge in [0.25, 0.3) is 0 Å². The average Bonchev–Trinajstić information content (AvgIpc) is 1.82. The molecule has 0 saturated carbocycles. The molecular formula is C3H9NO3S. The van der Waals surface area contributed by atoms with Crippen molar-refractivity contribution in [2.24, 2.45) is 0 Å². The molecule has 0 aliphatic carbocycles. The molecule has 0 radical (unpaired) electrons. The SMILES string of the molecule is CC1CNS(O)(O)O1. The van der Waals surface area contributed by atoms with Crippen molar-refractivity contribution in [3.05, 3.63) is 0 Å². The van der Waals surface area contributed by atoms with Crippen molar-refractivity contribution in [1.82, 2.24) is 4.72 Å². The molecule has 50 valence electrons. The number of hydrogen-bond acceptors (Lipinski definition) is 4. The Bertz CT molecular complexity index is 96.5. The minimum absolute atomic E-state index is 0.0833. The molecule has 1 aliphatic heterocycles. The molecule has 1 unspecified atom stereocenters. The zero-order chi connectivity index (χ0) is 6.20. The zero-order valence-electron chi connectivity index (χ0n) is 4.50. The summed E-state index contributed by atoms with van der Waals surface area (Å²) in [4.78, 5) is 0. The highest BCUT2D eigenvalue weighted by atomic mass is 32.3. The van der Waals surface area contributed by atoms with E-state index in [4.69, 9.17) is 9.11 Å². The van der Waals surface area contributed by atoms with Gasteiger partial charge in [0, 0.05) is 6.54 Å². The van der Waals surface area contributed by atoms with E-state index >= 15 is 0 Å². The van der Waals surface area contributed by atoms with E-state index in [1.54, 1.807) is 6.92 Å². The topological polar surface area (TPSA) is 61.7 Å². The van der Waals surface area contributed by atoms with E-state index in [1.807, 2.05) is 0 Å². The van der Waals surface area contributed by atoms with Gasteiger partial charge in [0.15, 0.2) is 11.1 Å². The number of nitrogens with one attached hydrogen (secondary N) is 1. The molecule has 1 atom stereocenters. The molecule has 5 heteroatoms. The predicted molar refractivity (Wildman–Crippen MR) is 31.4 cm³/mol. The Kier molecular flexibility index (Phi) is 1.46. The van der Waals surface area contributed by atoms with Crippen LogP contribution in [-0.4, -0.2) is 21.8 Å². The van der Waals surface area contributed by atoms with Crippen LogP contribution in [0, 0.1) is 0 Å². The minimum Gasteiger partial charge on any atom is -0.296 e. The van der Waals surface area contributed by atoms with E-state index < -0.39 is 11.1 Å². The summed E-state index contributed by atoms with van der Waals surface area (Å²) >= 11 is -2.85. The first kappa shape index (κ1) is 6.31. The highest BCUT2D eigenvalue weighted by Crippen LogP contribution is 2.40. The van der Waals surface area contributed by atoms with Gasteiger partial charge in [-0.15, -0.1) is 0 Å². The Balaban J connectivity index is 2.44. The van der Waals surface area contributed by atoms with Crippen LogP contribution >= 0.6 is 11.1 Å². The summed E-state index contributed by atoms with van der Waals surface area (Å²) in [6, 6.07) is 0. The summed E-state index contributed by atoms with van der Waals surface area (Å²) in [6.07, 6.45) is -0.0833. The first-order valence-corrected chi connectivity index (χ1v) is 3.78. The van der Waals surface area contributed by atoms with Gasteiger partial charge in [-0.25, -0.2) is 4.72 Å². The van der Waals surface area contributed by atoms with Gasteiger partial charge in [-0.1, -0.05) is 0 Å². The normalized spacial score (nSPS) is 39.6. The second kappa shape index (κ2) is 1.85. The molecule has 0 spiro atoms. The van der Waals surface area contributed by atoms with Crippen molar-refractivity contribution in [2.45, 2.75) is 13.0 Å². The molecule has 1 aliphatic rings. The summed E-state index contributed by atoms with van der Waals surface area (Å²) in [6.45, 7) is 2.29. The Morgan fingerprint density at radius 3 is 2.50 bits per heavy atom. The molecule has 0 amide bonds. The van der Waals surface area contributed by atoms with Crippen molar-refractivity contribution in [3.8, 4) is 0 Å². The quantitative estimate of drug-likeness (QED) is 0.459. The smallest absolute Gasteiger partial charge is 0.155 e. The summed E-state index contributed by atoms with van der Waals surface area (Å²) < 4.78 is 24.4. The lowest BCUT2D eigenvalue weighted by Crippen LogP contribution is -2.12. The van der Waals surface area contributed by atoms with Crippen LogP contribution in [0.5, 0.6) is 0 Å². The Hall–Kier alpha value is 0.190. The van der Waals surface area contributed by atoms with Gasteiger partial charge in [0.1, 0.15) is 0 Å². The molecular weight excluding hydrogens is 130 g/mol. The van der Waals surface area contributed by atoms with Gasteiger partial charge >= 0.3 is 0 Å². The highest BCUT2D eigenvalue weighted by molar-refractivity contribution is 8.18. The van der Waals surface area contributed by atoms with Crippen molar-refractivity contribution in [1.29, 1.82) is 0 Å². The summed E-state index contributed by atoms with van der Waals surface area (Å²) in [5.74, 6) is 0. The largest absolute Gasteiger partial charge is 0.296 e. The Morgan fingerprint density at radius 2 is 2.38 bits per heavy atom. The van der Waals surface area contributed by atoms with Gasteiger partial charge in [-0.3, -0.25) is 13.3 Å². The Morgan fingerprint density at radius 1 is 1.75 bits per heavy atom. The maximum atomic E-state index is 8.67. The molecule has 1 rings (SSSR count). The highest BCUT2D eigenvalue weighted by Gasteiger charge is 2.28. The maximum Gasteiger partial charge on any atom is 0.155 e. The van der Waals surface area contributed by atoms with Gasteiger partial charge in [0.2, 0.25) is 0 Å².